The summed E-state index contributed by atoms with van der Waals surface area (Å²) in [6, 6.07) is 5.60. The number of aromatic nitrogens is 1. The van der Waals surface area contributed by atoms with Crippen LogP contribution in [-0.2, 0) is 14.8 Å². The van der Waals surface area contributed by atoms with Crippen LogP contribution in [0.25, 0.3) is 0 Å². The summed E-state index contributed by atoms with van der Waals surface area (Å²) in [4.78, 5) is 11.1. The zero-order valence-electron chi connectivity index (χ0n) is 12.2. The quantitative estimate of drug-likeness (QED) is 0.892. The van der Waals surface area contributed by atoms with Gasteiger partial charge in [0.05, 0.1) is 17.7 Å². The van der Waals surface area contributed by atoms with Crippen molar-refractivity contribution in [2.45, 2.75) is 18.7 Å². The molecule has 1 amide bonds. The van der Waals surface area contributed by atoms with Crippen molar-refractivity contribution in [3.8, 4) is 0 Å². The Bertz CT molecular complexity index is 781. The number of methoxy groups -OCH3 is 1. The van der Waals surface area contributed by atoms with Gasteiger partial charge in [0.25, 0.3) is 10.0 Å². The van der Waals surface area contributed by atoms with E-state index >= 15 is 0 Å². The fourth-order valence-electron chi connectivity index (χ4n) is 1.58. The van der Waals surface area contributed by atoms with Crippen LogP contribution < -0.4 is 10.0 Å². The lowest BCUT2D eigenvalue weighted by molar-refractivity contribution is 0.187. The van der Waals surface area contributed by atoms with E-state index in [1.165, 1.54) is 31.4 Å². The number of hydrogen-bond donors (Lipinski definition) is 2. The maximum Gasteiger partial charge on any atom is 0.411 e. The number of nitrogens with zero attached hydrogens (tertiary/aromatic N) is 1. The molecule has 0 radical (unpaired) electrons. The number of carbonyl (C=O) groups is 1. The van der Waals surface area contributed by atoms with E-state index in [1.807, 2.05) is 0 Å². The van der Waals surface area contributed by atoms with Crippen LogP contribution in [0.2, 0.25) is 0 Å². The van der Waals surface area contributed by atoms with Gasteiger partial charge in [-0.1, -0.05) is 5.16 Å². The second kappa shape index (κ2) is 6.06. The van der Waals surface area contributed by atoms with E-state index < -0.39 is 16.1 Å². The smallest absolute Gasteiger partial charge is 0.411 e. The minimum Gasteiger partial charge on any atom is -0.453 e. The molecular formula is C13H15N3O5S. The number of anilines is 2. The number of aryl methyl sites for hydroxylation is 1. The summed E-state index contributed by atoms with van der Waals surface area (Å²) in [6.45, 7) is 3.41. The summed E-state index contributed by atoms with van der Waals surface area (Å²) in [7, 11) is -2.57. The van der Waals surface area contributed by atoms with Gasteiger partial charge in [-0.3, -0.25) is 5.32 Å². The highest BCUT2D eigenvalue weighted by Gasteiger charge is 2.19. The molecule has 1 aromatic carbocycles. The standard InChI is InChI=1S/C13H15N3O5S/c1-8-9(2)15-21-12(8)16-22(18,19)11-6-4-10(5-7-11)14-13(17)20-3/h4-7,16H,1-3H3,(H,14,17). The summed E-state index contributed by atoms with van der Waals surface area (Å²) < 4.78 is 36.2. The molecule has 0 bridgehead atoms. The normalized spacial score (nSPS) is 11.0. The van der Waals surface area contributed by atoms with Crippen LogP contribution in [0.5, 0.6) is 0 Å². The maximum atomic E-state index is 12.2. The van der Waals surface area contributed by atoms with Crippen LogP contribution in [0.1, 0.15) is 11.3 Å². The first-order valence-corrected chi connectivity index (χ1v) is 7.72. The second-order valence-electron chi connectivity index (χ2n) is 4.47. The van der Waals surface area contributed by atoms with E-state index in [-0.39, 0.29) is 10.8 Å². The summed E-state index contributed by atoms with van der Waals surface area (Å²) in [5.41, 5.74) is 1.64. The molecule has 22 heavy (non-hydrogen) atoms. The Morgan fingerprint density at radius 3 is 2.36 bits per heavy atom. The first kappa shape index (κ1) is 15.8. The highest BCUT2D eigenvalue weighted by molar-refractivity contribution is 7.92. The Morgan fingerprint density at radius 1 is 1.23 bits per heavy atom. The first-order valence-electron chi connectivity index (χ1n) is 6.24. The number of amides is 1. The topological polar surface area (TPSA) is 111 Å². The van der Waals surface area contributed by atoms with Crippen molar-refractivity contribution in [3.63, 3.8) is 0 Å². The average molecular weight is 325 g/mol. The summed E-state index contributed by atoms with van der Waals surface area (Å²) in [6.07, 6.45) is -0.638. The zero-order chi connectivity index (χ0) is 16.3. The molecule has 0 aliphatic rings. The Kier molecular flexibility index (Phi) is 4.36. The summed E-state index contributed by atoms with van der Waals surface area (Å²) in [5, 5.41) is 6.11. The third kappa shape index (κ3) is 3.37. The van der Waals surface area contributed by atoms with Gasteiger partial charge in [0.2, 0.25) is 5.88 Å². The van der Waals surface area contributed by atoms with Crippen molar-refractivity contribution in [1.29, 1.82) is 0 Å². The van der Waals surface area contributed by atoms with E-state index in [0.717, 1.165) is 0 Å². The molecule has 2 rings (SSSR count). The molecular weight excluding hydrogens is 310 g/mol. The van der Waals surface area contributed by atoms with E-state index in [1.54, 1.807) is 13.8 Å². The molecule has 0 saturated carbocycles. The fraction of sp³-hybridized carbons (Fsp3) is 0.231. The fourth-order valence-corrected chi connectivity index (χ4v) is 2.62. The predicted octanol–water partition coefficient (Wildman–Crippen LogP) is 2.27. The predicted molar refractivity (Wildman–Crippen MR) is 79.3 cm³/mol. The van der Waals surface area contributed by atoms with E-state index in [4.69, 9.17) is 4.52 Å². The molecule has 8 nitrogen and oxygen atoms in total. The SMILES string of the molecule is COC(=O)Nc1ccc(S(=O)(=O)Nc2onc(C)c2C)cc1. The van der Waals surface area contributed by atoms with E-state index in [9.17, 15) is 13.2 Å². The van der Waals surface area contributed by atoms with Crippen LogP contribution in [0.15, 0.2) is 33.7 Å². The second-order valence-corrected chi connectivity index (χ2v) is 6.15. The number of ether oxygens (including phenoxy) is 1. The molecule has 9 heteroatoms. The molecule has 2 N–H and O–H groups in total. The lowest BCUT2D eigenvalue weighted by atomic mass is 10.3. The number of sulfonamides is 1. The highest BCUT2D eigenvalue weighted by atomic mass is 32.2. The Balaban J connectivity index is 2.19. The van der Waals surface area contributed by atoms with Gasteiger partial charge in [-0.15, -0.1) is 0 Å². The van der Waals surface area contributed by atoms with Crippen molar-refractivity contribution >= 4 is 27.7 Å². The van der Waals surface area contributed by atoms with Gasteiger partial charge in [-0.2, -0.15) is 0 Å². The average Bonchev–Trinajstić information content (AvgIpc) is 2.79. The van der Waals surface area contributed by atoms with Gasteiger partial charge in [-0.05, 0) is 38.1 Å². The number of benzene rings is 1. The molecule has 2 aromatic rings. The molecule has 0 fully saturated rings. The third-order valence-corrected chi connectivity index (χ3v) is 4.33. The molecule has 1 aromatic heterocycles. The van der Waals surface area contributed by atoms with Crippen LogP contribution >= 0.6 is 0 Å². The monoisotopic (exact) mass is 325 g/mol. The van der Waals surface area contributed by atoms with Gasteiger partial charge in [0.15, 0.2) is 0 Å². The van der Waals surface area contributed by atoms with E-state index in [2.05, 4.69) is 19.9 Å². The molecule has 0 aliphatic carbocycles. The van der Waals surface area contributed by atoms with Crippen LogP contribution in [0.4, 0.5) is 16.4 Å². The van der Waals surface area contributed by atoms with Crippen molar-refractivity contribution in [2.75, 3.05) is 17.1 Å². The summed E-state index contributed by atoms with van der Waals surface area (Å²) in [5.74, 6) is 0.0780. The van der Waals surface area contributed by atoms with Crippen molar-refractivity contribution in [1.82, 2.24) is 5.16 Å². The Hall–Kier alpha value is -2.55. The van der Waals surface area contributed by atoms with Gasteiger partial charge < -0.3 is 9.26 Å². The molecule has 0 atom stereocenters. The van der Waals surface area contributed by atoms with Gasteiger partial charge in [0, 0.05) is 11.3 Å². The molecule has 0 aliphatic heterocycles. The van der Waals surface area contributed by atoms with Crippen LogP contribution in [-0.4, -0.2) is 26.8 Å². The molecule has 0 saturated heterocycles. The third-order valence-electron chi connectivity index (χ3n) is 2.98. The lowest BCUT2D eigenvalue weighted by Crippen LogP contribution is -2.14. The highest BCUT2D eigenvalue weighted by Crippen LogP contribution is 2.22. The minimum atomic E-state index is -3.80. The Morgan fingerprint density at radius 2 is 1.86 bits per heavy atom. The Labute approximate surface area is 127 Å². The maximum absolute atomic E-state index is 12.2. The van der Waals surface area contributed by atoms with Gasteiger partial charge >= 0.3 is 6.09 Å². The van der Waals surface area contributed by atoms with E-state index in [0.29, 0.717) is 16.9 Å². The van der Waals surface area contributed by atoms with Crippen molar-refractivity contribution in [2.24, 2.45) is 0 Å². The number of nitrogens with one attached hydrogen (secondary N) is 2. The number of carbonyl (C=O) groups excluding carboxylic acids is 1. The molecule has 1 heterocycles. The van der Waals surface area contributed by atoms with Crippen molar-refractivity contribution in [3.05, 3.63) is 35.5 Å². The van der Waals surface area contributed by atoms with Crippen molar-refractivity contribution < 1.29 is 22.5 Å². The molecule has 0 spiro atoms. The van der Waals surface area contributed by atoms with Gasteiger partial charge in [0.1, 0.15) is 0 Å². The molecule has 118 valence electrons. The van der Waals surface area contributed by atoms with Gasteiger partial charge in [-0.25, -0.2) is 17.9 Å². The first-order chi connectivity index (χ1) is 10.3. The largest absolute Gasteiger partial charge is 0.453 e. The molecule has 0 unspecified atom stereocenters. The van der Waals surface area contributed by atoms with Crippen LogP contribution in [0.3, 0.4) is 0 Å². The zero-order valence-corrected chi connectivity index (χ0v) is 13.0. The minimum absolute atomic E-state index is 0.0244. The van der Waals surface area contributed by atoms with Crippen LogP contribution in [0, 0.1) is 13.8 Å². The number of rotatable bonds is 4. The lowest BCUT2D eigenvalue weighted by Gasteiger charge is -2.07. The summed E-state index contributed by atoms with van der Waals surface area (Å²) >= 11 is 0. The number of hydrogen-bond acceptors (Lipinski definition) is 6.